The van der Waals surface area contributed by atoms with Gasteiger partial charge in [0.15, 0.2) is 0 Å². The third kappa shape index (κ3) is 5.25. The minimum absolute atomic E-state index is 0.0136. The van der Waals surface area contributed by atoms with Crippen molar-refractivity contribution < 1.29 is 14.3 Å². The second kappa shape index (κ2) is 9.92. The number of piperidine rings is 2. The van der Waals surface area contributed by atoms with Crippen LogP contribution in [0, 0.1) is 17.8 Å². The highest BCUT2D eigenvalue weighted by atomic mass is 16.5. The highest BCUT2D eigenvalue weighted by molar-refractivity contribution is 5.94. The van der Waals surface area contributed by atoms with Gasteiger partial charge in [0.1, 0.15) is 5.75 Å². The Balaban J connectivity index is 1.45. The Hall–Kier alpha value is -2.08. The number of hydrogen-bond donors (Lipinski definition) is 2. The molecule has 0 radical (unpaired) electrons. The molecule has 0 aromatic heterocycles. The number of ether oxygens (including phenoxy) is 1. The standard InChI is InChI=1S/C22H33N3O3/c1-16(17-7-11-23-12-8-17)15-21(26)25-13-9-18(10-14-25)22(27)24-19-5-3-4-6-20(19)28-2/h3-6,16-18,23H,7-15H2,1-2H3,(H,24,27). The van der Waals surface area contributed by atoms with Gasteiger partial charge in [-0.15, -0.1) is 0 Å². The lowest BCUT2D eigenvalue weighted by Gasteiger charge is -2.34. The van der Waals surface area contributed by atoms with E-state index in [1.165, 1.54) is 12.8 Å². The number of carbonyl (C=O) groups is 2. The van der Waals surface area contributed by atoms with Gasteiger partial charge in [0.25, 0.3) is 0 Å². The summed E-state index contributed by atoms with van der Waals surface area (Å²) in [4.78, 5) is 27.3. The number of methoxy groups -OCH3 is 1. The maximum atomic E-state index is 12.7. The molecule has 2 saturated heterocycles. The van der Waals surface area contributed by atoms with Gasteiger partial charge < -0.3 is 20.3 Å². The maximum absolute atomic E-state index is 12.7. The van der Waals surface area contributed by atoms with Gasteiger partial charge in [-0.3, -0.25) is 9.59 Å². The molecule has 3 rings (SSSR count). The minimum Gasteiger partial charge on any atom is -0.495 e. The SMILES string of the molecule is COc1ccccc1NC(=O)C1CCN(C(=O)CC(C)C2CCNCC2)CC1. The molecule has 0 spiro atoms. The van der Waals surface area contributed by atoms with Crippen molar-refractivity contribution in [1.82, 2.24) is 10.2 Å². The molecule has 1 atom stereocenters. The fourth-order valence-corrected chi connectivity index (χ4v) is 4.36. The van der Waals surface area contributed by atoms with Crippen LogP contribution in [0.15, 0.2) is 24.3 Å². The van der Waals surface area contributed by atoms with Crippen LogP contribution >= 0.6 is 0 Å². The highest BCUT2D eigenvalue weighted by Gasteiger charge is 2.29. The average molecular weight is 388 g/mol. The first-order valence-electron chi connectivity index (χ1n) is 10.5. The molecule has 6 heteroatoms. The van der Waals surface area contributed by atoms with E-state index < -0.39 is 0 Å². The van der Waals surface area contributed by atoms with Crippen molar-refractivity contribution in [2.75, 3.05) is 38.6 Å². The fraction of sp³-hybridized carbons (Fsp3) is 0.636. The molecule has 2 N–H and O–H groups in total. The highest BCUT2D eigenvalue weighted by Crippen LogP contribution is 2.28. The van der Waals surface area contributed by atoms with Crippen LogP contribution in [0.3, 0.4) is 0 Å². The average Bonchev–Trinajstić information content (AvgIpc) is 2.74. The Bertz CT molecular complexity index is 665. The first-order chi connectivity index (χ1) is 13.6. The number of likely N-dealkylation sites (tertiary alicyclic amines) is 1. The number of hydrogen-bond acceptors (Lipinski definition) is 4. The third-order valence-electron chi connectivity index (χ3n) is 6.27. The summed E-state index contributed by atoms with van der Waals surface area (Å²) in [5.41, 5.74) is 0.698. The molecule has 0 aliphatic carbocycles. The van der Waals surface area contributed by atoms with Gasteiger partial charge in [0, 0.05) is 25.4 Å². The molecular weight excluding hydrogens is 354 g/mol. The first kappa shape index (κ1) is 20.6. The molecular formula is C22H33N3O3. The molecule has 0 saturated carbocycles. The van der Waals surface area contributed by atoms with Crippen molar-refractivity contribution in [3.05, 3.63) is 24.3 Å². The summed E-state index contributed by atoms with van der Waals surface area (Å²) in [7, 11) is 1.60. The molecule has 2 aliphatic rings. The van der Waals surface area contributed by atoms with E-state index in [1.54, 1.807) is 7.11 Å². The van der Waals surface area contributed by atoms with Gasteiger partial charge in [-0.2, -0.15) is 0 Å². The van der Waals surface area contributed by atoms with Crippen molar-refractivity contribution >= 4 is 17.5 Å². The second-order valence-electron chi connectivity index (χ2n) is 8.11. The second-order valence-corrected chi connectivity index (χ2v) is 8.11. The lowest BCUT2D eigenvalue weighted by Crippen LogP contribution is -2.42. The molecule has 1 aromatic carbocycles. The molecule has 2 aliphatic heterocycles. The minimum atomic E-state index is -0.0594. The number of carbonyl (C=O) groups excluding carboxylic acids is 2. The number of amides is 2. The zero-order chi connectivity index (χ0) is 19.9. The van der Waals surface area contributed by atoms with Crippen LogP contribution in [-0.4, -0.2) is 50.0 Å². The van der Waals surface area contributed by atoms with E-state index in [2.05, 4.69) is 17.6 Å². The normalized spacial score (nSPS) is 19.9. The monoisotopic (exact) mass is 387 g/mol. The predicted molar refractivity (Wildman–Crippen MR) is 110 cm³/mol. The summed E-state index contributed by atoms with van der Waals surface area (Å²) in [6, 6.07) is 7.43. The number of rotatable bonds is 6. The summed E-state index contributed by atoms with van der Waals surface area (Å²) >= 11 is 0. The molecule has 154 valence electrons. The van der Waals surface area contributed by atoms with Crippen molar-refractivity contribution in [2.45, 2.75) is 39.0 Å². The van der Waals surface area contributed by atoms with E-state index in [-0.39, 0.29) is 17.7 Å². The number of benzene rings is 1. The van der Waals surface area contributed by atoms with Crippen molar-refractivity contribution in [2.24, 2.45) is 17.8 Å². The zero-order valence-corrected chi connectivity index (χ0v) is 17.1. The Kier molecular flexibility index (Phi) is 7.31. The van der Waals surface area contributed by atoms with Gasteiger partial charge in [-0.05, 0) is 62.7 Å². The van der Waals surface area contributed by atoms with Gasteiger partial charge in [0.2, 0.25) is 11.8 Å². The molecule has 0 bridgehead atoms. The Morgan fingerprint density at radius 2 is 1.86 bits per heavy atom. The van der Waals surface area contributed by atoms with Crippen molar-refractivity contribution in [3.8, 4) is 5.75 Å². The summed E-state index contributed by atoms with van der Waals surface area (Å²) in [5, 5.41) is 6.36. The first-order valence-corrected chi connectivity index (χ1v) is 10.5. The number of para-hydroxylation sites is 2. The van der Waals surface area contributed by atoms with Crippen LogP contribution in [0.1, 0.15) is 39.0 Å². The van der Waals surface area contributed by atoms with Gasteiger partial charge in [-0.25, -0.2) is 0 Å². The van der Waals surface area contributed by atoms with E-state index >= 15 is 0 Å². The summed E-state index contributed by atoms with van der Waals surface area (Å²) < 4.78 is 5.30. The Labute approximate surface area is 168 Å². The number of anilines is 1. The lowest BCUT2D eigenvalue weighted by molar-refractivity contribution is -0.135. The van der Waals surface area contributed by atoms with E-state index in [0.29, 0.717) is 55.6 Å². The maximum Gasteiger partial charge on any atom is 0.227 e. The molecule has 2 amide bonds. The number of nitrogens with one attached hydrogen (secondary N) is 2. The predicted octanol–water partition coefficient (Wildman–Crippen LogP) is 2.90. The molecule has 2 heterocycles. The summed E-state index contributed by atoms with van der Waals surface area (Å²) in [6.07, 6.45) is 4.39. The third-order valence-corrected chi connectivity index (χ3v) is 6.27. The van der Waals surface area contributed by atoms with Gasteiger partial charge >= 0.3 is 0 Å². The van der Waals surface area contributed by atoms with Gasteiger partial charge in [-0.1, -0.05) is 19.1 Å². The molecule has 2 fully saturated rings. The van der Waals surface area contributed by atoms with E-state index in [0.717, 1.165) is 13.1 Å². The van der Waals surface area contributed by atoms with E-state index in [9.17, 15) is 9.59 Å². The Morgan fingerprint density at radius 3 is 2.54 bits per heavy atom. The van der Waals surface area contributed by atoms with Crippen LogP contribution in [0.25, 0.3) is 0 Å². The Morgan fingerprint density at radius 1 is 1.18 bits per heavy atom. The molecule has 28 heavy (non-hydrogen) atoms. The van der Waals surface area contributed by atoms with Crippen LogP contribution in [0.2, 0.25) is 0 Å². The van der Waals surface area contributed by atoms with E-state index in [4.69, 9.17) is 4.74 Å². The van der Waals surface area contributed by atoms with Crippen LogP contribution in [0.5, 0.6) is 5.75 Å². The summed E-state index contributed by atoms with van der Waals surface area (Å²) in [6.45, 7) is 5.68. The van der Waals surface area contributed by atoms with Crippen molar-refractivity contribution in [3.63, 3.8) is 0 Å². The molecule has 6 nitrogen and oxygen atoms in total. The van der Waals surface area contributed by atoms with Gasteiger partial charge in [0.05, 0.1) is 12.8 Å². The zero-order valence-electron chi connectivity index (χ0n) is 17.1. The van der Waals surface area contributed by atoms with Crippen molar-refractivity contribution in [1.29, 1.82) is 0 Å². The van der Waals surface area contributed by atoms with Crippen LogP contribution < -0.4 is 15.4 Å². The quantitative estimate of drug-likeness (QED) is 0.787. The van der Waals surface area contributed by atoms with E-state index in [1.807, 2.05) is 29.2 Å². The largest absolute Gasteiger partial charge is 0.495 e. The topological polar surface area (TPSA) is 70.7 Å². The van der Waals surface area contributed by atoms with Crippen LogP contribution in [0.4, 0.5) is 5.69 Å². The lowest BCUT2D eigenvalue weighted by atomic mass is 9.83. The molecule has 1 unspecified atom stereocenters. The number of nitrogens with zero attached hydrogens (tertiary/aromatic N) is 1. The molecule has 1 aromatic rings. The van der Waals surface area contributed by atoms with Crippen LogP contribution in [-0.2, 0) is 9.59 Å². The smallest absolute Gasteiger partial charge is 0.227 e. The fourth-order valence-electron chi connectivity index (χ4n) is 4.36. The summed E-state index contributed by atoms with van der Waals surface area (Å²) in [5.74, 6) is 1.94.